The molecule has 1 aromatic rings. The average Bonchev–Trinajstić information content (AvgIpc) is 2.47. The first kappa shape index (κ1) is 17.9. The van der Waals surface area contributed by atoms with Crippen LogP contribution >= 0.6 is 0 Å². The van der Waals surface area contributed by atoms with Crippen LogP contribution in [0.2, 0.25) is 0 Å². The minimum absolute atomic E-state index is 0.101. The van der Waals surface area contributed by atoms with Crippen LogP contribution in [0.4, 0.5) is 13.2 Å². The highest BCUT2D eigenvalue weighted by Crippen LogP contribution is 2.28. The van der Waals surface area contributed by atoms with Gasteiger partial charge in [0.1, 0.15) is 17.6 Å². The number of ether oxygens (including phenoxy) is 2. The summed E-state index contributed by atoms with van der Waals surface area (Å²) in [5.41, 5.74) is 0. The van der Waals surface area contributed by atoms with Crippen LogP contribution in [0, 0.1) is 0 Å². The largest absolute Gasteiger partial charge is 0.573 e. The Morgan fingerprint density at radius 1 is 1.17 bits per heavy atom. The predicted octanol–water partition coefficient (Wildman–Crippen LogP) is 4.62. The molecule has 1 heterocycles. The van der Waals surface area contributed by atoms with Gasteiger partial charge in [-0.05, 0) is 57.4 Å². The van der Waals surface area contributed by atoms with Crippen molar-refractivity contribution in [3.8, 4) is 11.5 Å². The molecule has 2 rings (SSSR count). The Bertz CT molecular complexity index is 488. The van der Waals surface area contributed by atoms with Crippen LogP contribution in [0.1, 0.15) is 40.0 Å². The van der Waals surface area contributed by atoms with Crippen molar-refractivity contribution in [1.29, 1.82) is 0 Å². The van der Waals surface area contributed by atoms with E-state index in [0.717, 1.165) is 25.8 Å². The van der Waals surface area contributed by atoms with Crippen molar-refractivity contribution in [2.45, 2.75) is 64.6 Å². The average molecular weight is 331 g/mol. The molecule has 6 heteroatoms. The summed E-state index contributed by atoms with van der Waals surface area (Å²) in [7, 11) is 0. The predicted molar refractivity (Wildman–Crippen MR) is 82.7 cm³/mol. The Kier molecular flexibility index (Phi) is 5.79. The normalized spacial score (nSPS) is 23.1. The minimum Gasteiger partial charge on any atom is -0.490 e. The maximum absolute atomic E-state index is 12.1. The number of alkyl halides is 3. The van der Waals surface area contributed by atoms with Crippen molar-refractivity contribution >= 4 is 0 Å². The molecule has 1 saturated heterocycles. The lowest BCUT2D eigenvalue weighted by Gasteiger charge is -2.41. The SMILES string of the molecule is CC[C@@H]1C[C@@H](Oc2ccc(OC(F)(F)F)cc2)CCN1C(C)C. The van der Waals surface area contributed by atoms with E-state index in [4.69, 9.17) is 4.74 Å². The number of rotatable bonds is 5. The van der Waals surface area contributed by atoms with E-state index in [9.17, 15) is 13.2 Å². The zero-order chi connectivity index (χ0) is 17.0. The van der Waals surface area contributed by atoms with Gasteiger partial charge >= 0.3 is 6.36 Å². The Hall–Kier alpha value is -1.43. The maximum Gasteiger partial charge on any atom is 0.573 e. The lowest BCUT2D eigenvalue weighted by molar-refractivity contribution is -0.274. The van der Waals surface area contributed by atoms with Gasteiger partial charge in [-0.3, -0.25) is 4.90 Å². The van der Waals surface area contributed by atoms with Crippen LogP contribution in [0.5, 0.6) is 11.5 Å². The Morgan fingerprint density at radius 3 is 2.30 bits per heavy atom. The molecule has 1 fully saturated rings. The highest BCUT2D eigenvalue weighted by molar-refractivity contribution is 5.31. The van der Waals surface area contributed by atoms with Crippen molar-refractivity contribution in [2.24, 2.45) is 0 Å². The molecule has 0 unspecified atom stereocenters. The molecule has 0 saturated carbocycles. The van der Waals surface area contributed by atoms with Gasteiger partial charge in [-0.25, -0.2) is 0 Å². The van der Waals surface area contributed by atoms with Gasteiger partial charge in [0.15, 0.2) is 0 Å². The van der Waals surface area contributed by atoms with Gasteiger partial charge in [0, 0.05) is 18.6 Å². The summed E-state index contributed by atoms with van der Waals surface area (Å²) in [5.74, 6) is 0.350. The zero-order valence-corrected chi connectivity index (χ0v) is 13.8. The molecule has 130 valence electrons. The van der Waals surface area contributed by atoms with Crippen molar-refractivity contribution < 1.29 is 22.6 Å². The van der Waals surface area contributed by atoms with Gasteiger partial charge in [-0.15, -0.1) is 13.2 Å². The third-order valence-electron chi connectivity index (χ3n) is 4.21. The summed E-state index contributed by atoms with van der Waals surface area (Å²) in [4.78, 5) is 2.49. The van der Waals surface area contributed by atoms with E-state index in [1.807, 2.05) is 0 Å². The quantitative estimate of drug-likeness (QED) is 0.786. The van der Waals surface area contributed by atoms with Gasteiger partial charge in [-0.2, -0.15) is 0 Å². The fourth-order valence-electron chi connectivity index (χ4n) is 3.13. The monoisotopic (exact) mass is 331 g/mol. The van der Waals surface area contributed by atoms with Crippen molar-refractivity contribution in [3.63, 3.8) is 0 Å². The van der Waals surface area contributed by atoms with E-state index in [2.05, 4.69) is 30.4 Å². The van der Waals surface area contributed by atoms with Gasteiger partial charge in [0.2, 0.25) is 0 Å². The molecule has 0 radical (unpaired) electrons. The van der Waals surface area contributed by atoms with E-state index < -0.39 is 6.36 Å². The van der Waals surface area contributed by atoms with Crippen LogP contribution in [-0.4, -0.2) is 36.0 Å². The summed E-state index contributed by atoms with van der Waals surface area (Å²) in [6.07, 6.45) is -1.63. The maximum atomic E-state index is 12.1. The molecule has 2 atom stereocenters. The zero-order valence-electron chi connectivity index (χ0n) is 13.8. The van der Waals surface area contributed by atoms with Crippen LogP contribution in [0.25, 0.3) is 0 Å². The molecule has 23 heavy (non-hydrogen) atoms. The molecule has 0 N–H and O–H groups in total. The molecule has 0 aromatic heterocycles. The number of halogens is 3. The smallest absolute Gasteiger partial charge is 0.490 e. The van der Waals surface area contributed by atoms with Gasteiger partial charge in [0.25, 0.3) is 0 Å². The molecule has 1 aliphatic heterocycles. The van der Waals surface area contributed by atoms with Crippen LogP contribution < -0.4 is 9.47 Å². The Labute approximate surface area is 135 Å². The summed E-state index contributed by atoms with van der Waals surface area (Å²) in [6, 6.07) is 6.61. The number of hydrogen-bond acceptors (Lipinski definition) is 3. The molecule has 0 spiro atoms. The highest BCUT2D eigenvalue weighted by atomic mass is 19.4. The Balaban J connectivity index is 1.92. The number of piperidine rings is 1. The van der Waals surface area contributed by atoms with Gasteiger partial charge in [-0.1, -0.05) is 6.92 Å². The topological polar surface area (TPSA) is 21.7 Å². The lowest BCUT2D eigenvalue weighted by Crippen LogP contribution is -2.48. The van der Waals surface area contributed by atoms with E-state index in [0.29, 0.717) is 17.8 Å². The summed E-state index contributed by atoms with van der Waals surface area (Å²) < 4.78 is 46.2. The van der Waals surface area contributed by atoms with Crippen molar-refractivity contribution in [2.75, 3.05) is 6.54 Å². The first-order chi connectivity index (χ1) is 10.8. The van der Waals surface area contributed by atoms with Gasteiger partial charge < -0.3 is 9.47 Å². The highest BCUT2D eigenvalue weighted by Gasteiger charge is 2.31. The molecule has 0 amide bonds. The van der Waals surface area contributed by atoms with E-state index in [1.165, 1.54) is 24.3 Å². The van der Waals surface area contributed by atoms with E-state index in [1.54, 1.807) is 0 Å². The first-order valence-electron chi connectivity index (χ1n) is 8.06. The first-order valence-corrected chi connectivity index (χ1v) is 8.06. The molecule has 0 aliphatic carbocycles. The number of hydrogen-bond donors (Lipinski definition) is 0. The fourth-order valence-corrected chi connectivity index (χ4v) is 3.13. The van der Waals surface area contributed by atoms with Crippen LogP contribution in [0.3, 0.4) is 0 Å². The molecular weight excluding hydrogens is 307 g/mol. The molecule has 3 nitrogen and oxygen atoms in total. The standard InChI is InChI=1S/C17H24F3NO2/c1-4-13-11-16(9-10-21(13)12(2)3)22-14-5-7-15(8-6-14)23-17(18,19)20/h5-8,12-13,16H,4,9-11H2,1-3H3/t13-,16+/m1/s1. The van der Waals surface area contributed by atoms with E-state index >= 15 is 0 Å². The summed E-state index contributed by atoms with van der Waals surface area (Å²) in [6.45, 7) is 7.55. The summed E-state index contributed by atoms with van der Waals surface area (Å²) >= 11 is 0. The second kappa shape index (κ2) is 7.43. The van der Waals surface area contributed by atoms with Crippen LogP contribution in [0.15, 0.2) is 24.3 Å². The van der Waals surface area contributed by atoms with E-state index in [-0.39, 0.29) is 11.9 Å². The lowest BCUT2D eigenvalue weighted by atomic mass is 9.96. The molecular formula is C17H24F3NO2. The minimum atomic E-state index is -4.67. The number of nitrogens with zero attached hydrogens (tertiary/aromatic N) is 1. The fraction of sp³-hybridized carbons (Fsp3) is 0.647. The van der Waals surface area contributed by atoms with Crippen molar-refractivity contribution in [1.82, 2.24) is 4.90 Å². The molecule has 1 aromatic carbocycles. The molecule has 0 bridgehead atoms. The Morgan fingerprint density at radius 2 is 1.78 bits per heavy atom. The second-order valence-corrected chi connectivity index (χ2v) is 6.18. The van der Waals surface area contributed by atoms with Crippen LogP contribution in [-0.2, 0) is 0 Å². The number of benzene rings is 1. The third kappa shape index (κ3) is 5.30. The van der Waals surface area contributed by atoms with Gasteiger partial charge in [0.05, 0.1) is 0 Å². The number of likely N-dealkylation sites (tertiary alicyclic amines) is 1. The second-order valence-electron chi connectivity index (χ2n) is 6.18. The molecule has 1 aliphatic rings. The third-order valence-corrected chi connectivity index (χ3v) is 4.21. The van der Waals surface area contributed by atoms with Crippen molar-refractivity contribution in [3.05, 3.63) is 24.3 Å². The summed E-state index contributed by atoms with van der Waals surface area (Å²) in [5, 5.41) is 0.